The number of carbonyl (C=O) groups excluding carboxylic acids is 1. The lowest BCUT2D eigenvalue weighted by Crippen LogP contribution is -2.57. The van der Waals surface area contributed by atoms with Gasteiger partial charge in [0.05, 0.1) is 36.7 Å². The van der Waals surface area contributed by atoms with Gasteiger partial charge in [-0.25, -0.2) is 0 Å². The summed E-state index contributed by atoms with van der Waals surface area (Å²) in [6, 6.07) is 13.8. The van der Waals surface area contributed by atoms with Gasteiger partial charge < -0.3 is 14.9 Å². The number of unbranched alkanes of at least 4 members (excludes halogenated alkanes) is 1. The zero-order chi connectivity index (χ0) is 22.4. The van der Waals surface area contributed by atoms with Gasteiger partial charge in [-0.3, -0.25) is 10.1 Å². The fraction of sp³-hybridized carbons (Fsp3) is 0.480. The molecule has 0 radical (unpaired) electrons. The van der Waals surface area contributed by atoms with Crippen molar-refractivity contribution in [2.45, 2.75) is 67.4 Å². The third kappa shape index (κ3) is 4.82. The molecule has 4 atom stereocenters. The monoisotopic (exact) mass is 443 g/mol. The SMILES string of the molecule is CCCC[C@]1(CC)NC(c2ccccc2)c2cc(C=O)c(OC)cc2S[C@@H]1C(O)CO. The first kappa shape index (κ1) is 23.8. The predicted molar refractivity (Wildman–Crippen MR) is 125 cm³/mol. The lowest BCUT2D eigenvalue weighted by Gasteiger charge is -2.43. The molecule has 1 aliphatic heterocycles. The van der Waals surface area contributed by atoms with Crippen LogP contribution in [0.15, 0.2) is 47.4 Å². The number of hydrogen-bond donors (Lipinski definition) is 3. The van der Waals surface area contributed by atoms with Crippen LogP contribution < -0.4 is 10.1 Å². The lowest BCUT2D eigenvalue weighted by molar-refractivity contribution is 0.0608. The summed E-state index contributed by atoms with van der Waals surface area (Å²) in [7, 11) is 1.56. The molecule has 0 saturated carbocycles. The standard InChI is InChI=1S/C25H33NO4S/c1-4-6-12-25(5-2)24(20(29)16-28)31-22-14-21(30-3)18(15-27)13-19(22)23(26-25)17-10-8-7-9-11-17/h7-11,13-15,20,23-24,26,28-29H,4-6,12,16H2,1-3H3/t20?,23?,24-,25+/m1/s1. The topological polar surface area (TPSA) is 78.8 Å². The summed E-state index contributed by atoms with van der Waals surface area (Å²) in [4.78, 5) is 12.7. The highest BCUT2D eigenvalue weighted by Crippen LogP contribution is 2.47. The van der Waals surface area contributed by atoms with E-state index in [0.717, 1.165) is 48.0 Å². The van der Waals surface area contributed by atoms with Crippen molar-refractivity contribution in [3.8, 4) is 5.75 Å². The third-order valence-corrected chi connectivity index (χ3v) is 7.93. The molecule has 0 amide bonds. The second-order valence-electron chi connectivity index (χ2n) is 8.14. The number of ether oxygens (including phenoxy) is 1. The Labute approximate surface area is 189 Å². The van der Waals surface area contributed by atoms with Crippen molar-refractivity contribution in [3.63, 3.8) is 0 Å². The Bertz CT molecular complexity index is 875. The van der Waals surface area contributed by atoms with Crippen LogP contribution in [0.4, 0.5) is 0 Å². The van der Waals surface area contributed by atoms with Crippen LogP contribution >= 0.6 is 11.8 Å². The van der Waals surface area contributed by atoms with E-state index in [1.807, 2.05) is 30.3 Å². The van der Waals surface area contributed by atoms with Crippen molar-refractivity contribution in [2.75, 3.05) is 13.7 Å². The molecule has 31 heavy (non-hydrogen) atoms. The highest BCUT2D eigenvalue weighted by atomic mass is 32.2. The van der Waals surface area contributed by atoms with E-state index in [2.05, 4.69) is 31.3 Å². The summed E-state index contributed by atoms with van der Waals surface area (Å²) in [5.74, 6) is 0.517. The number of aldehydes is 1. The molecular formula is C25H33NO4S. The van der Waals surface area contributed by atoms with Crippen molar-refractivity contribution < 1.29 is 19.7 Å². The molecular weight excluding hydrogens is 410 g/mol. The molecule has 1 heterocycles. The van der Waals surface area contributed by atoms with Gasteiger partial charge in [-0.2, -0.15) is 0 Å². The number of aliphatic hydroxyl groups is 2. The number of rotatable bonds is 9. The Balaban J connectivity index is 2.24. The second-order valence-corrected chi connectivity index (χ2v) is 9.32. The van der Waals surface area contributed by atoms with Crippen molar-refractivity contribution in [3.05, 3.63) is 59.2 Å². The average Bonchev–Trinajstić information content (AvgIpc) is 2.96. The Morgan fingerprint density at radius 3 is 2.58 bits per heavy atom. The molecule has 0 saturated heterocycles. The summed E-state index contributed by atoms with van der Waals surface area (Å²) in [5.41, 5.74) is 2.19. The van der Waals surface area contributed by atoms with Crippen LogP contribution in [0.3, 0.4) is 0 Å². The minimum atomic E-state index is -0.881. The summed E-state index contributed by atoms with van der Waals surface area (Å²) in [6.45, 7) is 3.99. The van der Waals surface area contributed by atoms with Crippen LogP contribution in [0.1, 0.15) is 67.1 Å². The Morgan fingerprint density at radius 1 is 1.26 bits per heavy atom. The van der Waals surface area contributed by atoms with Gasteiger partial charge in [0.25, 0.3) is 0 Å². The molecule has 6 heteroatoms. The van der Waals surface area contributed by atoms with Gasteiger partial charge in [0.1, 0.15) is 5.75 Å². The Hall–Kier alpha value is -1.86. The highest BCUT2D eigenvalue weighted by molar-refractivity contribution is 8.00. The van der Waals surface area contributed by atoms with Crippen molar-refractivity contribution in [1.29, 1.82) is 0 Å². The summed E-state index contributed by atoms with van der Waals surface area (Å²) in [5, 5.41) is 24.4. The summed E-state index contributed by atoms with van der Waals surface area (Å²) >= 11 is 1.57. The highest BCUT2D eigenvalue weighted by Gasteiger charge is 2.46. The Morgan fingerprint density at radius 2 is 2.00 bits per heavy atom. The molecule has 3 rings (SSSR count). The van der Waals surface area contributed by atoms with E-state index in [9.17, 15) is 15.0 Å². The molecule has 0 bridgehead atoms. The average molecular weight is 444 g/mol. The molecule has 1 aliphatic rings. The Kier molecular flexibility index (Phi) is 8.17. The molecule has 3 N–H and O–H groups in total. The first-order valence-corrected chi connectivity index (χ1v) is 11.9. The van der Waals surface area contributed by atoms with E-state index < -0.39 is 11.6 Å². The minimum absolute atomic E-state index is 0.152. The van der Waals surface area contributed by atoms with Crippen LogP contribution in [0.2, 0.25) is 0 Å². The van der Waals surface area contributed by atoms with E-state index in [4.69, 9.17) is 4.74 Å². The van der Waals surface area contributed by atoms with Crippen LogP contribution in [0, 0.1) is 0 Å². The molecule has 0 fully saturated rings. The smallest absolute Gasteiger partial charge is 0.153 e. The maximum absolute atomic E-state index is 11.8. The molecule has 2 aromatic rings. The normalized spacial score (nSPS) is 24.2. The van der Waals surface area contributed by atoms with Gasteiger partial charge in [0.15, 0.2) is 6.29 Å². The van der Waals surface area contributed by atoms with Crippen LogP contribution in [0.5, 0.6) is 5.75 Å². The number of hydrogen-bond acceptors (Lipinski definition) is 6. The number of thioether (sulfide) groups is 1. The number of benzene rings is 2. The van der Waals surface area contributed by atoms with Crippen LogP contribution in [0.25, 0.3) is 0 Å². The molecule has 168 valence electrons. The van der Waals surface area contributed by atoms with Crippen LogP contribution in [-0.2, 0) is 0 Å². The fourth-order valence-corrected chi connectivity index (χ4v) is 6.11. The molecule has 0 spiro atoms. The van der Waals surface area contributed by atoms with Gasteiger partial charge >= 0.3 is 0 Å². The molecule has 2 aromatic carbocycles. The van der Waals surface area contributed by atoms with E-state index in [-0.39, 0.29) is 17.9 Å². The number of methoxy groups -OCH3 is 1. The fourth-order valence-electron chi connectivity index (χ4n) is 4.53. The predicted octanol–water partition coefficient (Wildman–Crippen LogP) is 4.35. The quantitative estimate of drug-likeness (QED) is 0.500. The van der Waals surface area contributed by atoms with Gasteiger partial charge in [0.2, 0.25) is 0 Å². The molecule has 0 aliphatic carbocycles. The van der Waals surface area contributed by atoms with Crippen LogP contribution in [-0.4, -0.2) is 47.1 Å². The maximum Gasteiger partial charge on any atom is 0.153 e. The zero-order valence-electron chi connectivity index (χ0n) is 18.5. The third-order valence-electron chi connectivity index (χ3n) is 6.31. The van der Waals surface area contributed by atoms with E-state index >= 15 is 0 Å². The van der Waals surface area contributed by atoms with E-state index in [1.54, 1.807) is 18.9 Å². The largest absolute Gasteiger partial charge is 0.496 e. The number of carbonyl (C=O) groups is 1. The van der Waals surface area contributed by atoms with Crippen molar-refractivity contribution in [1.82, 2.24) is 5.32 Å². The van der Waals surface area contributed by atoms with Crippen molar-refractivity contribution >= 4 is 18.0 Å². The van der Waals surface area contributed by atoms with Gasteiger partial charge in [-0.05, 0) is 36.1 Å². The minimum Gasteiger partial charge on any atom is -0.496 e. The lowest BCUT2D eigenvalue weighted by atomic mass is 9.81. The molecule has 5 nitrogen and oxygen atoms in total. The first-order valence-electron chi connectivity index (χ1n) is 11.0. The molecule has 0 aromatic heterocycles. The molecule has 2 unspecified atom stereocenters. The van der Waals surface area contributed by atoms with E-state index in [1.165, 1.54) is 0 Å². The number of fused-ring (bicyclic) bond motifs is 1. The number of aliphatic hydroxyl groups excluding tert-OH is 2. The van der Waals surface area contributed by atoms with Gasteiger partial charge in [0, 0.05) is 10.4 Å². The maximum atomic E-state index is 11.8. The first-order chi connectivity index (χ1) is 15.0. The van der Waals surface area contributed by atoms with E-state index in [0.29, 0.717) is 11.3 Å². The zero-order valence-corrected chi connectivity index (χ0v) is 19.3. The summed E-state index contributed by atoms with van der Waals surface area (Å²) in [6.07, 6.45) is 3.67. The second kappa shape index (κ2) is 10.6. The van der Waals surface area contributed by atoms with Crippen molar-refractivity contribution in [2.24, 2.45) is 0 Å². The number of nitrogens with one attached hydrogen (secondary N) is 1. The summed E-state index contributed by atoms with van der Waals surface area (Å²) < 4.78 is 5.47. The van der Waals surface area contributed by atoms with Gasteiger partial charge in [-0.1, -0.05) is 57.0 Å². The van der Waals surface area contributed by atoms with Gasteiger partial charge in [-0.15, -0.1) is 11.8 Å².